The number of terminal acetylenes is 2. The number of hydrogen-bond donors (Lipinski definition) is 0. The second kappa shape index (κ2) is 6.86. The van der Waals surface area contributed by atoms with Gasteiger partial charge in [-0.1, -0.05) is 35.4 Å². The van der Waals surface area contributed by atoms with Gasteiger partial charge in [0.1, 0.15) is 0 Å². The lowest BCUT2D eigenvalue weighted by atomic mass is 10.4. The molecule has 0 heterocycles. The number of hydrogen-bond acceptors (Lipinski definition) is 4. The van der Waals surface area contributed by atoms with Crippen LogP contribution in [0.3, 0.4) is 0 Å². The van der Waals surface area contributed by atoms with Gasteiger partial charge >= 0.3 is 17.1 Å². The van der Waals surface area contributed by atoms with Crippen LogP contribution in [0.25, 0.3) is 0 Å². The van der Waals surface area contributed by atoms with Gasteiger partial charge in [-0.25, -0.2) is 0 Å². The van der Waals surface area contributed by atoms with Crippen LogP contribution in [-0.2, 0) is 17.7 Å². The highest BCUT2D eigenvalue weighted by Crippen LogP contribution is 2.07. The Labute approximate surface area is 122 Å². The lowest BCUT2D eigenvalue weighted by Crippen LogP contribution is -2.54. The summed E-state index contributed by atoms with van der Waals surface area (Å²) in [4.78, 5) is 0. The second-order valence-electron chi connectivity index (χ2n) is 3.92. The molecule has 0 bridgehead atoms. The maximum Gasteiger partial charge on any atom is 0.457 e. The van der Waals surface area contributed by atoms with Crippen LogP contribution < -0.4 is 10.4 Å². The average Bonchev–Trinajstić information content (AvgIpc) is 2.53. The molecule has 0 saturated carbocycles. The Kier molecular flexibility index (Phi) is 5.72. The fourth-order valence-corrected chi connectivity index (χ4v) is 5.24. The van der Waals surface area contributed by atoms with E-state index in [1.165, 1.54) is 0 Å². The van der Waals surface area contributed by atoms with Crippen molar-refractivity contribution < 1.29 is 17.7 Å². The van der Waals surface area contributed by atoms with Crippen LogP contribution in [0.15, 0.2) is 24.3 Å². The highest BCUT2D eigenvalue weighted by molar-refractivity contribution is 6.89. The summed E-state index contributed by atoms with van der Waals surface area (Å²) in [5, 5.41) is 1.67. The first-order valence-electron chi connectivity index (χ1n) is 5.85. The van der Waals surface area contributed by atoms with Crippen molar-refractivity contribution in [3.63, 3.8) is 0 Å². The van der Waals surface area contributed by atoms with Crippen molar-refractivity contribution >= 4 is 27.5 Å². The van der Waals surface area contributed by atoms with Crippen molar-refractivity contribution in [3.05, 3.63) is 24.3 Å². The molecule has 0 N–H and O–H groups in total. The van der Waals surface area contributed by atoms with Gasteiger partial charge in [0, 0.05) is 38.8 Å². The third-order valence-corrected chi connectivity index (χ3v) is 8.42. The molecule has 0 aliphatic heterocycles. The van der Waals surface area contributed by atoms with E-state index in [4.69, 9.17) is 30.6 Å². The van der Waals surface area contributed by atoms with E-state index >= 15 is 0 Å². The van der Waals surface area contributed by atoms with Gasteiger partial charge in [0.15, 0.2) is 0 Å². The Hall–Kier alpha value is -1.39. The molecule has 106 valence electrons. The molecule has 0 radical (unpaired) electrons. The van der Waals surface area contributed by atoms with E-state index in [0.29, 0.717) is 0 Å². The maximum absolute atomic E-state index is 5.55. The predicted molar refractivity (Wildman–Crippen MR) is 82.9 cm³/mol. The summed E-state index contributed by atoms with van der Waals surface area (Å²) in [5.74, 6) is 0. The minimum Gasteiger partial charge on any atom is -0.385 e. The molecule has 0 unspecified atom stereocenters. The molecule has 20 heavy (non-hydrogen) atoms. The molecule has 0 aliphatic rings. The smallest absolute Gasteiger partial charge is 0.385 e. The largest absolute Gasteiger partial charge is 0.457 e. The van der Waals surface area contributed by atoms with E-state index in [1.807, 2.05) is 24.3 Å². The highest BCUT2D eigenvalue weighted by Gasteiger charge is 2.40. The van der Waals surface area contributed by atoms with Gasteiger partial charge in [-0.05, 0) is 0 Å². The Morgan fingerprint density at radius 2 is 0.950 bits per heavy atom. The minimum atomic E-state index is -2.80. The summed E-state index contributed by atoms with van der Waals surface area (Å²) in [6.07, 6.45) is 11.1. The molecule has 0 spiro atoms. The molecular formula is C14H18O4Si2. The van der Waals surface area contributed by atoms with Crippen LogP contribution in [0.2, 0.25) is 0 Å². The lowest BCUT2D eigenvalue weighted by Gasteiger charge is -2.24. The van der Waals surface area contributed by atoms with Crippen molar-refractivity contribution in [1.82, 2.24) is 0 Å². The van der Waals surface area contributed by atoms with Crippen molar-refractivity contribution in [2.45, 2.75) is 0 Å². The summed E-state index contributed by atoms with van der Waals surface area (Å²) in [5.41, 5.74) is 5.27. The first-order chi connectivity index (χ1) is 9.57. The number of benzene rings is 1. The Morgan fingerprint density at radius 3 is 1.10 bits per heavy atom. The standard InChI is InChI=1S/C14H18O4Si2/c1-7-19(15-3,16-4)13-9-11-14(12-10-13)20(8-2,17-5)18-6/h1-2,9-12H,3-6H3. The van der Waals surface area contributed by atoms with E-state index in [-0.39, 0.29) is 0 Å². The Balaban J connectivity index is 3.25. The molecular weight excluding hydrogens is 288 g/mol. The van der Waals surface area contributed by atoms with Gasteiger partial charge < -0.3 is 17.7 Å². The fraction of sp³-hybridized carbons (Fsp3) is 0.286. The van der Waals surface area contributed by atoms with Gasteiger partial charge in [0.2, 0.25) is 0 Å². The number of rotatable bonds is 6. The zero-order valence-electron chi connectivity index (χ0n) is 12.1. The fourth-order valence-electron chi connectivity index (χ4n) is 1.95. The maximum atomic E-state index is 5.55. The minimum absolute atomic E-state index is 0.834. The second-order valence-corrected chi connectivity index (χ2v) is 9.75. The quantitative estimate of drug-likeness (QED) is 0.544. The van der Waals surface area contributed by atoms with Crippen molar-refractivity contribution in [1.29, 1.82) is 0 Å². The molecule has 0 atom stereocenters. The van der Waals surface area contributed by atoms with Crippen LogP contribution in [0.1, 0.15) is 0 Å². The normalized spacial score (nSPS) is 11.7. The monoisotopic (exact) mass is 306 g/mol. The molecule has 1 aromatic rings. The first-order valence-corrected chi connectivity index (χ1v) is 9.48. The van der Waals surface area contributed by atoms with Gasteiger partial charge in [-0.2, -0.15) is 0 Å². The van der Waals surface area contributed by atoms with Crippen molar-refractivity contribution in [2.24, 2.45) is 0 Å². The van der Waals surface area contributed by atoms with Gasteiger partial charge in [-0.15, -0.1) is 12.8 Å². The molecule has 6 heteroatoms. The van der Waals surface area contributed by atoms with Gasteiger partial charge in [-0.3, -0.25) is 0 Å². The topological polar surface area (TPSA) is 36.9 Å². The van der Waals surface area contributed by atoms with E-state index < -0.39 is 17.1 Å². The average molecular weight is 306 g/mol. The van der Waals surface area contributed by atoms with Crippen molar-refractivity contribution in [2.75, 3.05) is 28.4 Å². The molecule has 1 rings (SSSR count). The van der Waals surface area contributed by atoms with Crippen LogP contribution in [0.5, 0.6) is 0 Å². The van der Waals surface area contributed by atoms with Gasteiger partial charge in [0.25, 0.3) is 0 Å². The zero-order chi connectivity index (χ0) is 15.2. The highest BCUT2D eigenvalue weighted by atomic mass is 28.4. The Bertz CT molecular complexity index is 471. The summed E-state index contributed by atoms with van der Waals surface area (Å²) < 4.78 is 21.7. The summed E-state index contributed by atoms with van der Waals surface area (Å²) in [7, 11) is 0.607. The lowest BCUT2D eigenvalue weighted by molar-refractivity contribution is 0.273. The van der Waals surface area contributed by atoms with Crippen molar-refractivity contribution in [3.8, 4) is 23.9 Å². The summed E-state index contributed by atoms with van der Waals surface area (Å²) in [6.45, 7) is 0. The van der Waals surface area contributed by atoms with E-state index in [1.54, 1.807) is 28.4 Å². The predicted octanol–water partition coefficient (Wildman–Crippen LogP) is -0.0846. The third-order valence-electron chi connectivity index (χ3n) is 3.17. The zero-order valence-corrected chi connectivity index (χ0v) is 14.1. The summed E-state index contributed by atoms with van der Waals surface area (Å²) in [6, 6.07) is 7.41. The molecule has 0 fully saturated rings. The molecule has 4 nitrogen and oxygen atoms in total. The molecule has 1 aromatic carbocycles. The van der Waals surface area contributed by atoms with E-state index in [2.05, 4.69) is 11.1 Å². The van der Waals surface area contributed by atoms with Crippen LogP contribution in [0, 0.1) is 23.9 Å². The van der Waals surface area contributed by atoms with E-state index in [9.17, 15) is 0 Å². The third kappa shape index (κ3) is 2.72. The van der Waals surface area contributed by atoms with Crippen LogP contribution in [0.4, 0.5) is 0 Å². The van der Waals surface area contributed by atoms with E-state index in [0.717, 1.165) is 10.4 Å². The molecule has 0 amide bonds. The van der Waals surface area contributed by atoms with Crippen LogP contribution in [-0.4, -0.2) is 45.6 Å². The SMILES string of the molecule is C#C[Si](OC)(OC)c1ccc([Si](C#C)(OC)OC)cc1. The van der Waals surface area contributed by atoms with Crippen LogP contribution >= 0.6 is 0 Å². The Morgan fingerprint density at radius 1 is 0.700 bits per heavy atom. The molecule has 0 aromatic heterocycles. The molecule has 0 aliphatic carbocycles. The molecule has 0 saturated heterocycles. The van der Waals surface area contributed by atoms with Gasteiger partial charge in [0.05, 0.1) is 0 Å². The summed E-state index contributed by atoms with van der Waals surface area (Å²) >= 11 is 0. The first kappa shape index (κ1) is 16.7.